The lowest BCUT2D eigenvalue weighted by atomic mass is 9.81. The van der Waals surface area contributed by atoms with Gasteiger partial charge in [0.15, 0.2) is 0 Å². The zero-order valence-electron chi connectivity index (χ0n) is 11.5. The summed E-state index contributed by atoms with van der Waals surface area (Å²) in [5.41, 5.74) is 3.24. The number of amides is 1. The number of nitrogens with zero attached hydrogens (tertiary/aromatic N) is 1. The monoisotopic (exact) mass is 292 g/mol. The van der Waals surface area contributed by atoms with Crippen LogP contribution in [-0.4, -0.2) is 40.8 Å². The largest absolute Gasteiger partial charge is 0.375 e. The first-order chi connectivity index (χ1) is 10.2. The Bertz CT molecular complexity index is 599. The number of fused-ring (bicyclic) bond motifs is 3. The summed E-state index contributed by atoms with van der Waals surface area (Å²) in [6, 6.07) is 3.54. The van der Waals surface area contributed by atoms with Gasteiger partial charge in [0, 0.05) is 29.8 Å². The number of hydrogen-bond donors (Lipinski definition) is 2. The van der Waals surface area contributed by atoms with Gasteiger partial charge in [0.25, 0.3) is 5.91 Å². The third kappa shape index (κ3) is 1.97. The van der Waals surface area contributed by atoms with Gasteiger partial charge in [0.2, 0.25) is 0 Å². The van der Waals surface area contributed by atoms with Crippen LogP contribution < -0.4 is 5.48 Å². The first-order valence-electron chi connectivity index (χ1n) is 7.30. The lowest BCUT2D eigenvalue weighted by Crippen LogP contribution is -2.62. The van der Waals surface area contributed by atoms with Gasteiger partial charge < -0.3 is 4.74 Å². The van der Waals surface area contributed by atoms with Crippen LogP contribution in [0.4, 0.5) is 4.39 Å². The van der Waals surface area contributed by atoms with Crippen molar-refractivity contribution in [3.05, 3.63) is 34.6 Å². The second kappa shape index (κ2) is 4.76. The van der Waals surface area contributed by atoms with Crippen molar-refractivity contribution in [3.63, 3.8) is 0 Å². The van der Waals surface area contributed by atoms with Crippen molar-refractivity contribution in [3.8, 4) is 0 Å². The topological polar surface area (TPSA) is 61.8 Å². The van der Waals surface area contributed by atoms with Gasteiger partial charge in [-0.1, -0.05) is 0 Å². The molecule has 0 aromatic heterocycles. The van der Waals surface area contributed by atoms with E-state index in [1.165, 1.54) is 6.07 Å². The molecule has 21 heavy (non-hydrogen) atoms. The number of hydrogen-bond acceptors (Lipinski definition) is 4. The molecule has 1 aromatic carbocycles. The zero-order chi connectivity index (χ0) is 14.6. The molecule has 0 saturated carbocycles. The SMILES string of the molecule is O=C(NO)c1cc(F)c2c(c1)CC1[C@H]3CC[C@H](CO3)N1C2. The average molecular weight is 292 g/mol. The second-order valence-electron chi connectivity index (χ2n) is 6.08. The van der Waals surface area contributed by atoms with Crippen molar-refractivity contribution in [2.45, 2.75) is 44.0 Å². The Hall–Kier alpha value is -1.50. The third-order valence-corrected chi connectivity index (χ3v) is 5.03. The summed E-state index contributed by atoms with van der Waals surface area (Å²) in [5, 5.41) is 8.71. The number of hydroxylamine groups is 1. The fourth-order valence-corrected chi connectivity index (χ4v) is 3.96. The van der Waals surface area contributed by atoms with Crippen molar-refractivity contribution >= 4 is 5.91 Å². The molecule has 3 saturated heterocycles. The summed E-state index contributed by atoms with van der Waals surface area (Å²) in [7, 11) is 0. The highest BCUT2D eigenvalue weighted by molar-refractivity contribution is 5.93. The van der Waals surface area contributed by atoms with E-state index < -0.39 is 5.91 Å². The molecule has 5 nitrogen and oxygen atoms in total. The normalized spacial score (nSPS) is 30.7. The Morgan fingerprint density at radius 3 is 3.00 bits per heavy atom. The minimum atomic E-state index is -0.680. The minimum absolute atomic E-state index is 0.157. The van der Waals surface area contributed by atoms with Gasteiger partial charge >= 0.3 is 0 Å². The number of rotatable bonds is 1. The highest BCUT2D eigenvalue weighted by Crippen LogP contribution is 2.38. The van der Waals surface area contributed by atoms with Crippen LogP contribution in [0.2, 0.25) is 0 Å². The fourth-order valence-electron chi connectivity index (χ4n) is 3.96. The van der Waals surface area contributed by atoms with Crippen LogP contribution in [0.5, 0.6) is 0 Å². The van der Waals surface area contributed by atoms with Gasteiger partial charge in [0.05, 0.1) is 12.7 Å². The smallest absolute Gasteiger partial charge is 0.274 e. The molecule has 4 aliphatic rings. The molecule has 0 spiro atoms. The van der Waals surface area contributed by atoms with E-state index in [-0.39, 0.29) is 23.5 Å². The number of ether oxygens (including phenoxy) is 1. The molecule has 5 rings (SSSR count). The number of benzene rings is 1. The quantitative estimate of drug-likeness (QED) is 0.604. The van der Waals surface area contributed by atoms with E-state index >= 15 is 0 Å². The first-order valence-corrected chi connectivity index (χ1v) is 7.30. The predicted molar refractivity (Wildman–Crippen MR) is 71.4 cm³/mol. The van der Waals surface area contributed by atoms with E-state index in [4.69, 9.17) is 9.94 Å². The number of piperidine rings is 1. The van der Waals surface area contributed by atoms with Crippen LogP contribution in [0.1, 0.15) is 34.3 Å². The van der Waals surface area contributed by atoms with Crippen molar-refractivity contribution < 1.29 is 19.1 Å². The molecule has 6 heteroatoms. The molecule has 4 heterocycles. The van der Waals surface area contributed by atoms with Crippen LogP contribution in [0.25, 0.3) is 0 Å². The molecule has 0 aliphatic carbocycles. The Kier molecular flexibility index (Phi) is 2.99. The van der Waals surface area contributed by atoms with Crippen LogP contribution in [0.15, 0.2) is 12.1 Å². The summed E-state index contributed by atoms with van der Waals surface area (Å²) in [6.07, 6.45) is 3.07. The molecule has 1 aromatic rings. The summed E-state index contributed by atoms with van der Waals surface area (Å²) >= 11 is 0. The minimum Gasteiger partial charge on any atom is -0.375 e. The number of nitrogens with one attached hydrogen (secondary N) is 1. The van der Waals surface area contributed by atoms with Crippen molar-refractivity contribution in [2.24, 2.45) is 0 Å². The van der Waals surface area contributed by atoms with Crippen LogP contribution in [0.3, 0.4) is 0 Å². The van der Waals surface area contributed by atoms with E-state index in [1.54, 1.807) is 11.5 Å². The number of carbonyl (C=O) groups is 1. The molecule has 3 atom stereocenters. The fraction of sp³-hybridized carbons (Fsp3) is 0.533. The molecule has 112 valence electrons. The summed E-state index contributed by atoms with van der Waals surface area (Å²) in [5.74, 6) is -1.05. The first kappa shape index (κ1) is 13.2. The van der Waals surface area contributed by atoms with Gasteiger partial charge in [0.1, 0.15) is 5.82 Å². The zero-order valence-corrected chi connectivity index (χ0v) is 11.5. The maximum Gasteiger partial charge on any atom is 0.274 e. The Balaban J connectivity index is 1.72. The highest BCUT2D eigenvalue weighted by atomic mass is 19.1. The maximum atomic E-state index is 14.3. The van der Waals surface area contributed by atoms with Gasteiger partial charge in [-0.05, 0) is 37.0 Å². The van der Waals surface area contributed by atoms with Gasteiger partial charge in [-0.2, -0.15) is 0 Å². The molecular formula is C15H17FN2O3. The molecule has 3 fully saturated rings. The molecule has 1 amide bonds. The predicted octanol–water partition coefficient (Wildman–Crippen LogP) is 1.23. The lowest BCUT2D eigenvalue weighted by molar-refractivity contribution is -0.150. The third-order valence-electron chi connectivity index (χ3n) is 5.03. The number of carbonyl (C=O) groups excluding carboxylic acids is 1. The molecule has 0 radical (unpaired) electrons. The Morgan fingerprint density at radius 1 is 1.43 bits per heavy atom. The summed E-state index contributed by atoms with van der Waals surface area (Å²) in [6.45, 7) is 1.32. The van der Waals surface area contributed by atoms with E-state index in [9.17, 15) is 9.18 Å². The van der Waals surface area contributed by atoms with Crippen LogP contribution in [-0.2, 0) is 17.7 Å². The van der Waals surface area contributed by atoms with Gasteiger partial charge in [-0.25, -0.2) is 9.87 Å². The van der Waals surface area contributed by atoms with E-state index in [2.05, 4.69) is 4.90 Å². The Labute approximate surface area is 121 Å². The highest BCUT2D eigenvalue weighted by Gasteiger charge is 2.45. The molecule has 4 aliphatic heterocycles. The van der Waals surface area contributed by atoms with Crippen molar-refractivity contribution in [1.29, 1.82) is 0 Å². The Morgan fingerprint density at radius 2 is 2.29 bits per heavy atom. The van der Waals surface area contributed by atoms with Crippen molar-refractivity contribution in [2.75, 3.05) is 6.61 Å². The molecule has 2 bridgehead atoms. The van der Waals surface area contributed by atoms with Crippen LogP contribution >= 0.6 is 0 Å². The van der Waals surface area contributed by atoms with E-state index in [0.29, 0.717) is 24.6 Å². The lowest BCUT2D eigenvalue weighted by Gasteiger charge is -2.53. The van der Waals surface area contributed by atoms with E-state index in [0.717, 1.165) is 25.0 Å². The van der Waals surface area contributed by atoms with E-state index in [1.807, 2.05) is 0 Å². The van der Waals surface area contributed by atoms with Gasteiger partial charge in [-0.3, -0.25) is 14.9 Å². The molecule has 1 unspecified atom stereocenters. The summed E-state index contributed by atoms with van der Waals surface area (Å²) in [4.78, 5) is 13.9. The summed E-state index contributed by atoms with van der Waals surface area (Å²) < 4.78 is 20.1. The molecule has 2 N–H and O–H groups in total. The average Bonchev–Trinajstić information content (AvgIpc) is 2.53. The maximum absolute atomic E-state index is 14.3. The number of morpholine rings is 1. The number of halogens is 1. The van der Waals surface area contributed by atoms with Gasteiger partial charge in [-0.15, -0.1) is 0 Å². The van der Waals surface area contributed by atoms with Crippen LogP contribution in [0, 0.1) is 5.82 Å². The second-order valence-corrected chi connectivity index (χ2v) is 6.08. The van der Waals surface area contributed by atoms with Crippen molar-refractivity contribution in [1.82, 2.24) is 10.4 Å². The molecular weight excluding hydrogens is 275 g/mol. The standard InChI is InChI=1S/C15H17FN2O3/c16-12-4-9(15(19)17-20)3-8-5-13-14-2-1-10(7-21-14)18(13)6-11(8)12/h3-4,10,13-14,20H,1-2,5-7H2,(H,17,19)/t10-,13?,14-/m1/s1.